The molecule has 2 aromatic rings. The summed E-state index contributed by atoms with van der Waals surface area (Å²) < 4.78 is 5.28. The molecule has 7 nitrogen and oxygen atoms in total. The van der Waals surface area contributed by atoms with Gasteiger partial charge in [-0.3, -0.25) is 19.3 Å². The third-order valence-electron chi connectivity index (χ3n) is 5.04. The highest BCUT2D eigenvalue weighted by Crippen LogP contribution is 2.23. The van der Waals surface area contributed by atoms with Crippen molar-refractivity contribution in [1.82, 2.24) is 15.1 Å². The zero-order valence-corrected chi connectivity index (χ0v) is 16.8. The van der Waals surface area contributed by atoms with Crippen LogP contribution in [0.4, 0.5) is 0 Å². The molecule has 0 aliphatic carbocycles. The van der Waals surface area contributed by atoms with E-state index in [0.717, 1.165) is 16.2 Å². The molecular weight excluding hydrogens is 370 g/mol. The van der Waals surface area contributed by atoms with E-state index in [9.17, 15) is 14.4 Å². The molecule has 2 aromatic carbocycles. The second-order valence-electron chi connectivity index (χ2n) is 7.12. The molecule has 0 fully saturated rings. The van der Waals surface area contributed by atoms with Crippen molar-refractivity contribution >= 4 is 17.7 Å². The molecule has 0 radical (unpaired) electrons. The van der Waals surface area contributed by atoms with Crippen LogP contribution in [0.2, 0.25) is 0 Å². The Balaban J connectivity index is 1.56. The van der Waals surface area contributed by atoms with Crippen LogP contribution in [0.1, 0.15) is 38.7 Å². The van der Waals surface area contributed by atoms with Crippen LogP contribution in [0, 0.1) is 0 Å². The molecule has 1 N–H and O–H groups in total. The highest BCUT2D eigenvalue weighted by Gasteiger charge is 2.35. The summed E-state index contributed by atoms with van der Waals surface area (Å²) in [5.74, 6) is -0.149. The first-order chi connectivity index (χ1) is 13.9. The highest BCUT2D eigenvalue weighted by molar-refractivity contribution is 6.21. The van der Waals surface area contributed by atoms with E-state index in [1.807, 2.05) is 43.3 Å². The number of carbonyl (C=O) groups is 3. The summed E-state index contributed by atoms with van der Waals surface area (Å²) in [6.45, 7) is 0.463. The number of fused-ring (bicyclic) bond motifs is 1. The standard InChI is InChI=1S/C22H25N3O4/c1-24(2)19(15-7-6-8-16(13-15)29-3)14-23-20(26)11-12-25-21(27)17-9-4-5-10-18(17)22(25)28/h4-10,13,19H,11-12,14H2,1-3H3,(H,23,26)/t19-/m1/s1. The van der Waals surface area contributed by atoms with Crippen molar-refractivity contribution in [3.63, 3.8) is 0 Å². The van der Waals surface area contributed by atoms with E-state index < -0.39 is 0 Å². The molecule has 3 rings (SSSR count). The summed E-state index contributed by atoms with van der Waals surface area (Å²) in [5, 5.41) is 2.90. The van der Waals surface area contributed by atoms with Crippen molar-refractivity contribution in [3.05, 3.63) is 65.2 Å². The lowest BCUT2D eigenvalue weighted by Crippen LogP contribution is -2.37. The lowest BCUT2D eigenvalue weighted by molar-refractivity contribution is -0.121. The number of methoxy groups -OCH3 is 1. The average Bonchev–Trinajstić information content (AvgIpc) is 2.97. The molecule has 0 saturated heterocycles. The highest BCUT2D eigenvalue weighted by atomic mass is 16.5. The number of nitrogens with one attached hydrogen (secondary N) is 1. The SMILES string of the molecule is COc1cccc([C@@H](CNC(=O)CCN2C(=O)c3ccccc3C2=O)N(C)C)c1. The zero-order chi connectivity index (χ0) is 21.0. The number of benzene rings is 2. The Hall–Kier alpha value is -3.19. The van der Waals surface area contributed by atoms with Crippen LogP contribution in [0.25, 0.3) is 0 Å². The smallest absolute Gasteiger partial charge is 0.261 e. The van der Waals surface area contributed by atoms with Gasteiger partial charge in [-0.25, -0.2) is 0 Å². The first-order valence-corrected chi connectivity index (χ1v) is 9.44. The minimum absolute atomic E-state index is 0.0339. The van der Waals surface area contributed by atoms with E-state index in [1.54, 1.807) is 31.4 Å². The predicted octanol–water partition coefficient (Wildman–Crippen LogP) is 2.10. The number of nitrogens with zero attached hydrogens (tertiary/aromatic N) is 2. The largest absolute Gasteiger partial charge is 0.497 e. The van der Waals surface area contributed by atoms with Gasteiger partial charge in [0.1, 0.15) is 5.75 Å². The molecule has 1 atom stereocenters. The van der Waals surface area contributed by atoms with Gasteiger partial charge in [0.2, 0.25) is 5.91 Å². The van der Waals surface area contributed by atoms with Crippen LogP contribution in [0.5, 0.6) is 5.75 Å². The number of hydrogen-bond acceptors (Lipinski definition) is 5. The van der Waals surface area contributed by atoms with Gasteiger partial charge in [-0.15, -0.1) is 0 Å². The topological polar surface area (TPSA) is 79.0 Å². The Morgan fingerprint density at radius 3 is 2.31 bits per heavy atom. The Morgan fingerprint density at radius 1 is 1.07 bits per heavy atom. The molecule has 1 heterocycles. The molecule has 152 valence electrons. The lowest BCUT2D eigenvalue weighted by atomic mass is 10.1. The molecule has 0 aromatic heterocycles. The number of amides is 3. The summed E-state index contributed by atoms with van der Waals surface area (Å²) in [6, 6.07) is 14.4. The maximum atomic E-state index is 12.4. The van der Waals surface area contributed by atoms with Gasteiger partial charge < -0.3 is 15.0 Å². The molecule has 1 aliphatic heterocycles. The Bertz CT molecular complexity index is 891. The number of hydrogen-bond donors (Lipinski definition) is 1. The second-order valence-corrected chi connectivity index (χ2v) is 7.12. The number of carbonyl (C=O) groups excluding carboxylic acids is 3. The van der Waals surface area contributed by atoms with Crippen molar-refractivity contribution in [2.24, 2.45) is 0 Å². The summed E-state index contributed by atoms with van der Waals surface area (Å²) in [5.41, 5.74) is 1.81. The van der Waals surface area contributed by atoms with Crippen molar-refractivity contribution in [2.75, 3.05) is 34.3 Å². The minimum Gasteiger partial charge on any atom is -0.497 e. The van der Waals surface area contributed by atoms with Crippen molar-refractivity contribution in [1.29, 1.82) is 0 Å². The van der Waals surface area contributed by atoms with Gasteiger partial charge in [-0.05, 0) is 43.9 Å². The Kier molecular flexibility index (Phi) is 6.29. The van der Waals surface area contributed by atoms with Crippen LogP contribution in [-0.2, 0) is 4.79 Å². The summed E-state index contributed by atoms with van der Waals surface area (Å²) in [6.07, 6.45) is 0.0593. The van der Waals surface area contributed by atoms with Gasteiger partial charge in [0.25, 0.3) is 11.8 Å². The number of rotatable bonds is 8. The third-order valence-corrected chi connectivity index (χ3v) is 5.04. The van der Waals surface area contributed by atoms with Gasteiger partial charge in [0.15, 0.2) is 0 Å². The minimum atomic E-state index is -0.346. The Morgan fingerprint density at radius 2 is 1.72 bits per heavy atom. The van der Waals surface area contributed by atoms with E-state index in [4.69, 9.17) is 4.74 Å². The number of imide groups is 1. The van der Waals surface area contributed by atoms with E-state index >= 15 is 0 Å². The maximum absolute atomic E-state index is 12.4. The molecule has 3 amide bonds. The zero-order valence-electron chi connectivity index (χ0n) is 16.8. The monoisotopic (exact) mass is 395 g/mol. The number of likely N-dealkylation sites (N-methyl/N-ethyl adjacent to an activating group) is 1. The van der Waals surface area contributed by atoms with E-state index in [0.29, 0.717) is 17.7 Å². The van der Waals surface area contributed by atoms with Gasteiger partial charge in [-0.2, -0.15) is 0 Å². The fourth-order valence-corrected chi connectivity index (χ4v) is 3.40. The Labute approximate surface area is 170 Å². The second kappa shape index (κ2) is 8.87. The molecule has 0 spiro atoms. The molecule has 1 aliphatic rings. The summed E-state index contributed by atoms with van der Waals surface area (Å²) >= 11 is 0. The molecule has 7 heteroatoms. The van der Waals surface area contributed by atoms with Crippen molar-refractivity contribution in [3.8, 4) is 5.75 Å². The van der Waals surface area contributed by atoms with Gasteiger partial charge in [-0.1, -0.05) is 24.3 Å². The lowest BCUT2D eigenvalue weighted by Gasteiger charge is -2.25. The van der Waals surface area contributed by atoms with Crippen molar-refractivity contribution < 1.29 is 19.1 Å². The molecular formula is C22H25N3O4. The van der Waals surface area contributed by atoms with Crippen LogP contribution in [-0.4, -0.2) is 61.8 Å². The van der Waals surface area contributed by atoms with Crippen molar-refractivity contribution in [2.45, 2.75) is 12.5 Å². The summed E-state index contributed by atoms with van der Waals surface area (Å²) in [7, 11) is 5.49. The van der Waals surface area contributed by atoms with Crippen LogP contribution in [0.15, 0.2) is 48.5 Å². The first-order valence-electron chi connectivity index (χ1n) is 9.44. The van der Waals surface area contributed by atoms with E-state index in [1.165, 1.54) is 0 Å². The predicted molar refractivity (Wildman–Crippen MR) is 109 cm³/mol. The van der Waals surface area contributed by atoms with Crippen LogP contribution >= 0.6 is 0 Å². The fraction of sp³-hybridized carbons (Fsp3) is 0.318. The first kappa shape index (κ1) is 20.5. The van der Waals surface area contributed by atoms with E-state index in [2.05, 4.69) is 5.32 Å². The average molecular weight is 395 g/mol. The fourth-order valence-electron chi connectivity index (χ4n) is 3.40. The normalized spacial score (nSPS) is 14.1. The quantitative estimate of drug-likeness (QED) is 0.693. The van der Waals surface area contributed by atoms with Crippen LogP contribution in [0.3, 0.4) is 0 Å². The molecule has 0 bridgehead atoms. The van der Waals surface area contributed by atoms with E-state index in [-0.39, 0.29) is 36.7 Å². The van der Waals surface area contributed by atoms with Gasteiger partial charge >= 0.3 is 0 Å². The molecule has 0 saturated carbocycles. The maximum Gasteiger partial charge on any atom is 0.261 e. The number of ether oxygens (including phenoxy) is 1. The van der Waals surface area contributed by atoms with Gasteiger partial charge in [0, 0.05) is 19.5 Å². The third kappa shape index (κ3) is 4.46. The van der Waals surface area contributed by atoms with Gasteiger partial charge in [0.05, 0.1) is 24.3 Å². The van der Waals surface area contributed by atoms with Crippen LogP contribution < -0.4 is 10.1 Å². The summed E-state index contributed by atoms with van der Waals surface area (Å²) in [4.78, 5) is 40.3. The molecule has 29 heavy (non-hydrogen) atoms. The molecule has 0 unspecified atom stereocenters.